The predicted octanol–water partition coefficient (Wildman–Crippen LogP) is 3.16. The largest absolute Gasteiger partial charge is 0.355 e. The van der Waals surface area contributed by atoms with E-state index in [9.17, 15) is 4.79 Å². The van der Waals surface area contributed by atoms with E-state index in [1.807, 2.05) is 24.3 Å². The molecule has 2 N–H and O–H groups in total. The van der Waals surface area contributed by atoms with Gasteiger partial charge in [-0.3, -0.25) is 4.79 Å². The zero-order chi connectivity index (χ0) is 13.7. The second-order valence-electron chi connectivity index (χ2n) is 4.14. The maximum atomic E-state index is 11.4. The lowest BCUT2D eigenvalue weighted by Crippen LogP contribution is -2.18. The van der Waals surface area contributed by atoms with E-state index in [0.29, 0.717) is 5.56 Å². The van der Waals surface area contributed by atoms with Gasteiger partial charge in [0.1, 0.15) is 0 Å². The Morgan fingerprint density at radius 3 is 2.47 bits per heavy atom. The molecule has 2 aromatic rings. The fourth-order valence-electron chi connectivity index (χ4n) is 1.71. The Balaban J connectivity index is 1.84. The van der Waals surface area contributed by atoms with Gasteiger partial charge in [-0.05, 0) is 50.6 Å². The number of carbonyl (C=O) groups is 1. The van der Waals surface area contributed by atoms with Crippen molar-refractivity contribution in [1.29, 1.82) is 0 Å². The number of hydrogen-bond acceptors (Lipinski definition) is 3. The van der Waals surface area contributed by atoms with E-state index >= 15 is 0 Å². The molecule has 0 saturated heterocycles. The van der Waals surface area contributed by atoms with Gasteiger partial charge in [-0.2, -0.15) is 0 Å². The molecule has 1 aromatic heterocycles. The third-order valence-electron chi connectivity index (χ3n) is 2.72. The van der Waals surface area contributed by atoms with Gasteiger partial charge in [0, 0.05) is 25.7 Å². The molecule has 0 spiro atoms. The summed E-state index contributed by atoms with van der Waals surface area (Å²) >= 11 is 5.14. The topological polar surface area (TPSA) is 41.1 Å². The molecule has 5 heteroatoms. The van der Waals surface area contributed by atoms with Crippen molar-refractivity contribution in [3.63, 3.8) is 0 Å². The normalized spacial score (nSPS) is 10.4. The Hall–Kier alpha value is -1.17. The van der Waals surface area contributed by atoms with Crippen LogP contribution in [0.1, 0.15) is 21.5 Å². The van der Waals surface area contributed by atoms with Crippen LogP contribution in [-0.2, 0) is 13.1 Å². The first-order valence-corrected chi connectivity index (χ1v) is 7.61. The average molecular weight is 339 g/mol. The summed E-state index contributed by atoms with van der Waals surface area (Å²) in [7, 11) is 1.64. The van der Waals surface area contributed by atoms with Gasteiger partial charge in [0.2, 0.25) is 0 Å². The molecule has 0 bridgehead atoms. The molecule has 19 heavy (non-hydrogen) atoms. The lowest BCUT2D eigenvalue weighted by molar-refractivity contribution is 0.0963. The van der Waals surface area contributed by atoms with Crippen molar-refractivity contribution in [2.75, 3.05) is 7.05 Å². The molecule has 1 amide bonds. The highest BCUT2D eigenvalue weighted by molar-refractivity contribution is 9.11. The Kier molecular flexibility index (Phi) is 5.13. The molecule has 0 aliphatic rings. The van der Waals surface area contributed by atoms with Gasteiger partial charge in [0.05, 0.1) is 3.79 Å². The van der Waals surface area contributed by atoms with Crippen molar-refractivity contribution in [3.8, 4) is 0 Å². The van der Waals surface area contributed by atoms with Gasteiger partial charge >= 0.3 is 0 Å². The van der Waals surface area contributed by atoms with Crippen molar-refractivity contribution in [3.05, 3.63) is 56.2 Å². The summed E-state index contributed by atoms with van der Waals surface area (Å²) in [4.78, 5) is 11.4. The lowest BCUT2D eigenvalue weighted by atomic mass is 10.1. The number of halogens is 1. The lowest BCUT2D eigenvalue weighted by Gasteiger charge is -2.05. The summed E-state index contributed by atoms with van der Waals surface area (Å²) in [5.41, 5.74) is 3.13. The number of nitrogens with one attached hydrogen (secondary N) is 2. The van der Waals surface area contributed by atoms with Crippen LogP contribution in [0.25, 0.3) is 0 Å². The number of thiophene rings is 1. The summed E-state index contributed by atoms with van der Waals surface area (Å²) in [6.07, 6.45) is 0. The Morgan fingerprint density at radius 1 is 1.21 bits per heavy atom. The molecule has 0 unspecified atom stereocenters. The molecule has 2 rings (SSSR count). The SMILES string of the molecule is CNC(=O)c1ccc(CNCc2csc(Br)c2)cc1. The second-order valence-corrected chi connectivity index (χ2v) is 6.43. The maximum Gasteiger partial charge on any atom is 0.251 e. The average Bonchev–Trinajstić information content (AvgIpc) is 2.84. The van der Waals surface area contributed by atoms with Crippen molar-refractivity contribution in [2.45, 2.75) is 13.1 Å². The van der Waals surface area contributed by atoms with Crippen LogP contribution >= 0.6 is 27.3 Å². The van der Waals surface area contributed by atoms with E-state index in [-0.39, 0.29) is 5.91 Å². The summed E-state index contributed by atoms with van der Waals surface area (Å²) in [6, 6.07) is 9.75. The highest BCUT2D eigenvalue weighted by Crippen LogP contribution is 2.20. The second kappa shape index (κ2) is 6.84. The Morgan fingerprint density at radius 2 is 1.89 bits per heavy atom. The summed E-state index contributed by atoms with van der Waals surface area (Å²) < 4.78 is 1.15. The van der Waals surface area contributed by atoms with E-state index in [2.05, 4.69) is 38.0 Å². The fraction of sp³-hybridized carbons (Fsp3) is 0.214. The van der Waals surface area contributed by atoms with Crippen molar-refractivity contribution in [2.24, 2.45) is 0 Å². The summed E-state index contributed by atoms with van der Waals surface area (Å²) in [6.45, 7) is 1.64. The fourth-order valence-corrected chi connectivity index (χ4v) is 2.92. The first-order chi connectivity index (χ1) is 9.19. The maximum absolute atomic E-state index is 11.4. The van der Waals surface area contributed by atoms with Gasteiger partial charge in [-0.25, -0.2) is 0 Å². The quantitative estimate of drug-likeness (QED) is 0.879. The monoisotopic (exact) mass is 338 g/mol. The van der Waals surface area contributed by atoms with Crippen LogP contribution in [0.4, 0.5) is 0 Å². The van der Waals surface area contributed by atoms with E-state index in [0.717, 1.165) is 16.9 Å². The van der Waals surface area contributed by atoms with Crippen LogP contribution < -0.4 is 10.6 Å². The minimum absolute atomic E-state index is 0.0531. The molecule has 0 fully saturated rings. The highest BCUT2D eigenvalue weighted by atomic mass is 79.9. The van der Waals surface area contributed by atoms with E-state index in [4.69, 9.17) is 0 Å². The summed E-state index contributed by atoms with van der Waals surface area (Å²) in [5.74, 6) is -0.0531. The third-order valence-corrected chi connectivity index (χ3v) is 4.28. The Bertz CT molecular complexity index is 551. The minimum atomic E-state index is -0.0531. The number of carbonyl (C=O) groups excluding carboxylic acids is 1. The molecule has 0 radical (unpaired) electrons. The molecule has 1 heterocycles. The van der Waals surface area contributed by atoms with Crippen LogP contribution in [0.2, 0.25) is 0 Å². The van der Waals surface area contributed by atoms with Gasteiger partial charge < -0.3 is 10.6 Å². The van der Waals surface area contributed by atoms with Crippen molar-refractivity contribution in [1.82, 2.24) is 10.6 Å². The zero-order valence-electron chi connectivity index (χ0n) is 10.6. The van der Waals surface area contributed by atoms with E-state index in [1.54, 1.807) is 18.4 Å². The van der Waals surface area contributed by atoms with Crippen LogP contribution in [0.15, 0.2) is 39.5 Å². The first-order valence-electron chi connectivity index (χ1n) is 5.93. The van der Waals surface area contributed by atoms with Crippen molar-refractivity contribution < 1.29 is 4.79 Å². The number of amides is 1. The standard InChI is InChI=1S/C14H15BrN2OS/c1-16-14(18)12-4-2-10(3-5-12)7-17-8-11-6-13(15)19-9-11/h2-6,9,17H,7-8H2,1H3,(H,16,18). The molecule has 0 saturated carbocycles. The van der Waals surface area contributed by atoms with Gasteiger partial charge in [0.25, 0.3) is 5.91 Å². The summed E-state index contributed by atoms with van der Waals surface area (Å²) in [5, 5.41) is 8.12. The molecule has 0 atom stereocenters. The molecule has 1 aromatic carbocycles. The third kappa shape index (κ3) is 4.16. The van der Waals surface area contributed by atoms with Gasteiger partial charge in [0.15, 0.2) is 0 Å². The smallest absolute Gasteiger partial charge is 0.251 e. The van der Waals surface area contributed by atoms with Crippen LogP contribution in [0.3, 0.4) is 0 Å². The van der Waals surface area contributed by atoms with E-state index in [1.165, 1.54) is 11.1 Å². The molecule has 0 aliphatic heterocycles. The minimum Gasteiger partial charge on any atom is -0.355 e. The zero-order valence-corrected chi connectivity index (χ0v) is 13.0. The van der Waals surface area contributed by atoms with E-state index < -0.39 is 0 Å². The molecule has 3 nitrogen and oxygen atoms in total. The molecular formula is C14H15BrN2OS. The van der Waals surface area contributed by atoms with Crippen LogP contribution in [0, 0.1) is 0 Å². The molecule has 0 aliphatic carbocycles. The number of rotatable bonds is 5. The molecule has 100 valence electrons. The first kappa shape index (κ1) is 14.2. The number of benzene rings is 1. The Labute approximate surface area is 125 Å². The van der Waals surface area contributed by atoms with Crippen LogP contribution in [-0.4, -0.2) is 13.0 Å². The molecular weight excluding hydrogens is 324 g/mol. The van der Waals surface area contributed by atoms with Crippen molar-refractivity contribution >= 4 is 33.2 Å². The number of hydrogen-bond donors (Lipinski definition) is 2. The van der Waals surface area contributed by atoms with Crippen LogP contribution in [0.5, 0.6) is 0 Å². The highest BCUT2D eigenvalue weighted by Gasteiger charge is 2.02. The van der Waals surface area contributed by atoms with Gasteiger partial charge in [-0.1, -0.05) is 12.1 Å². The predicted molar refractivity (Wildman–Crippen MR) is 82.4 cm³/mol. The van der Waals surface area contributed by atoms with Gasteiger partial charge in [-0.15, -0.1) is 11.3 Å².